The molecule has 0 radical (unpaired) electrons. The van der Waals surface area contributed by atoms with Gasteiger partial charge in [-0.15, -0.1) is 0 Å². The minimum atomic E-state index is -0.255. The number of carbonyl (C=O) groups is 1. The summed E-state index contributed by atoms with van der Waals surface area (Å²) in [5.74, 6) is -0.176. The highest BCUT2D eigenvalue weighted by molar-refractivity contribution is 9.10. The molecule has 5 heteroatoms. The molecule has 1 aromatic heterocycles. The number of amides is 1. The Morgan fingerprint density at radius 3 is 2.50 bits per heavy atom. The molecule has 1 rings (SSSR count). The van der Waals surface area contributed by atoms with Crippen LogP contribution in [0.5, 0.6) is 0 Å². The number of halogens is 2. The van der Waals surface area contributed by atoms with Gasteiger partial charge in [0.15, 0.2) is 0 Å². The molecule has 0 saturated carbocycles. The van der Waals surface area contributed by atoms with Crippen molar-refractivity contribution in [2.45, 2.75) is 26.3 Å². The molecule has 1 aromatic rings. The normalized spacial score (nSPS) is 11.4. The van der Waals surface area contributed by atoms with E-state index in [0.29, 0.717) is 5.02 Å². The van der Waals surface area contributed by atoms with Gasteiger partial charge in [0.2, 0.25) is 0 Å². The van der Waals surface area contributed by atoms with E-state index >= 15 is 0 Å². The standard InChI is InChI=1S/C11H14BrClN2O/c1-11(2,3)15(4)10(16)9-8(13)5-7(12)6-14-9/h5-6H,1-4H3. The number of rotatable bonds is 1. The van der Waals surface area contributed by atoms with Crippen LogP contribution in [0.2, 0.25) is 5.02 Å². The lowest BCUT2D eigenvalue weighted by atomic mass is 10.1. The fraction of sp³-hybridized carbons (Fsp3) is 0.455. The Labute approximate surface area is 109 Å². The minimum Gasteiger partial charge on any atom is -0.335 e. The summed E-state index contributed by atoms with van der Waals surface area (Å²) in [6.45, 7) is 5.87. The summed E-state index contributed by atoms with van der Waals surface area (Å²) in [5.41, 5.74) is 0.0251. The first kappa shape index (κ1) is 13.5. The monoisotopic (exact) mass is 304 g/mol. The fourth-order valence-corrected chi connectivity index (χ4v) is 1.75. The number of carbonyl (C=O) groups excluding carboxylic acids is 1. The van der Waals surface area contributed by atoms with Crippen molar-refractivity contribution in [2.75, 3.05) is 7.05 Å². The summed E-state index contributed by atoms with van der Waals surface area (Å²) in [4.78, 5) is 17.7. The molecule has 0 unspecified atom stereocenters. The maximum absolute atomic E-state index is 12.1. The number of hydrogen-bond acceptors (Lipinski definition) is 2. The van der Waals surface area contributed by atoms with Crippen LogP contribution in [0.3, 0.4) is 0 Å². The third-order valence-corrected chi connectivity index (χ3v) is 3.04. The van der Waals surface area contributed by atoms with Gasteiger partial charge in [-0.2, -0.15) is 0 Å². The first-order valence-corrected chi connectivity index (χ1v) is 6.00. The molecule has 0 spiro atoms. The smallest absolute Gasteiger partial charge is 0.274 e. The Bertz CT molecular complexity index is 415. The Balaban J connectivity index is 3.06. The average molecular weight is 306 g/mol. The summed E-state index contributed by atoms with van der Waals surface area (Å²) in [5, 5.41) is 0.357. The molecule has 3 nitrogen and oxygen atoms in total. The number of hydrogen-bond donors (Lipinski definition) is 0. The second-order valence-corrected chi connectivity index (χ2v) is 5.84. The van der Waals surface area contributed by atoms with Crippen LogP contribution < -0.4 is 0 Å². The van der Waals surface area contributed by atoms with E-state index in [4.69, 9.17) is 11.6 Å². The van der Waals surface area contributed by atoms with Crippen molar-refractivity contribution in [1.29, 1.82) is 0 Å². The predicted molar refractivity (Wildman–Crippen MR) is 68.8 cm³/mol. The van der Waals surface area contributed by atoms with Crippen molar-refractivity contribution < 1.29 is 4.79 Å². The van der Waals surface area contributed by atoms with Crippen molar-refractivity contribution in [3.05, 3.63) is 27.5 Å². The molecule has 0 aliphatic rings. The first-order chi connectivity index (χ1) is 7.23. The van der Waals surface area contributed by atoms with E-state index in [1.165, 1.54) is 0 Å². The Hall–Kier alpha value is -0.610. The molecule has 0 aliphatic heterocycles. The lowest BCUT2D eigenvalue weighted by Crippen LogP contribution is -2.42. The van der Waals surface area contributed by atoms with Gasteiger partial charge in [-0.3, -0.25) is 4.79 Å². The summed E-state index contributed by atoms with van der Waals surface area (Å²) >= 11 is 9.23. The van der Waals surface area contributed by atoms with E-state index in [1.807, 2.05) is 20.8 Å². The molecular weight excluding hydrogens is 291 g/mol. The molecule has 0 N–H and O–H groups in total. The highest BCUT2D eigenvalue weighted by Gasteiger charge is 2.25. The third kappa shape index (κ3) is 2.95. The molecule has 0 aromatic carbocycles. The van der Waals surface area contributed by atoms with Gasteiger partial charge in [-0.1, -0.05) is 11.6 Å². The zero-order chi connectivity index (χ0) is 12.5. The quantitative estimate of drug-likeness (QED) is 0.797. The van der Waals surface area contributed by atoms with Crippen LogP contribution in [-0.4, -0.2) is 28.4 Å². The van der Waals surface area contributed by atoms with E-state index in [9.17, 15) is 4.79 Å². The van der Waals surface area contributed by atoms with Crippen LogP contribution >= 0.6 is 27.5 Å². The molecule has 0 fully saturated rings. The SMILES string of the molecule is CN(C(=O)c1ncc(Br)cc1Cl)C(C)(C)C. The number of aromatic nitrogens is 1. The maximum Gasteiger partial charge on any atom is 0.274 e. The van der Waals surface area contributed by atoms with Crippen LogP contribution in [-0.2, 0) is 0 Å². The van der Waals surface area contributed by atoms with Crippen molar-refractivity contribution in [3.8, 4) is 0 Å². The van der Waals surface area contributed by atoms with Crippen LogP contribution in [0, 0.1) is 0 Å². The molecule has 1 heterocycles. The highest BCUT2D eigenvalue weighted by Crippen LogP contribution is 2.22. The van der Waals surface area contributed by atoms with E-state index in [2.05, 4.69) is 20.9 Å². The molecule has 0 saturated heterocycles. The van der Waals surface area contributed by atoms with Gasteiger partial charge in [0.25, 0.3) is 5.91 Å². The van der Waals surface area contributed by atoms with Crippen molar-refractivity contribution >= 4 is 33.4 Å². The molecular formula is C11H14BrClN2O. The fourth-order valence-electron chi connectivity index (χ4n) is 1.04. The Morgan fingerprint density at radius 2 is 2.06 bits per heavy atom. The second kappa shape index (κ2) is 4.72. The molecule has 0 bridgehead atoms. The first-order valence-electron chi connectivity index (χ1n) is 4.82. The molecule has 0 atom stereocenters. The van der Waals surface area contributed by atoms with Gasteiger partial charge in [-0.25, -0.2) is 4.98 Å². The van der Waals surface area contributed by atoms with Crippen LogP contribution in [0.1, 0.15) is 31.3 Å². The zero-order valence-corrected chi connectivity index (χ0v) is 12.1. The highest BCUT2D eigenvalue weighted by atomic mass is 79.9. The topological polar surface area (TPSA) is 33.2 Å². The largest absolute Gasteiger partial charge is 0.335 e. The maximum atomic E-state index is 12.1. The second-order valence-electron chi connectivity index (χ2n) is 4.52. The van der Waals surface area contributed by atoms with E-state index in [0.717, 1.165) is 4.47 Å². The van der Waals surface area contributed by atoms with Crippen molar-refractivity contribution in [2.24, 2.45) is 0 Å². The average Bonchev–Trinajstić information content (AvgIpc) is 2.14. The summed E-state index contributed by atoms with van der Waals surface area (Å²) < 4.78 is 0.757. The minimum absolute atomic E-state index is 0.176. The molecule has 88 valence electrons. The van der Waals surface area contributed by atoms with Gasteiger partial charge in [0.1, 0.15) is 5.69 Å². The van der Waals surface area contributed by atoms with E-state index in [-0.39, 0.29) is 17.1 Å². The van der Waals surface area contributed by atoms with Crippen LogP contribution in [0.25, 0.3) is 0 Å². The lowest BCUT2D eigenvalue weighted by Gasteiger charge is -2.31. The Morgan fingerprint density at radius 1 is 1.50 bits per heavy atom. The van der Waals surface area contributed by atoms with Crippen LogP contribution in [0.4, 0.5) is 0 Å². The zero-order valence-electron chi connectivity index (χ0n) is 9.71. The van der Waals surface area contributed by atoms with Gasteiger partial charge in [0.05, 0.1) is 5.02 Å². The number of nitrogens with zero attached hydrogens (tertiary/aromatic N) is 2. The van der Waals surface area contributed by atoms with Gasteiger partial charge in [-0.05, 0) is 42.8 Å². The van der Waals surface area contributed by atoms with E-state index < -0.39 is 0 Å². The summed E-state index contributed by atoms with van der Waals surface area (Å²) in [6.07, 6.45) is 1.57. The molecule has 0 aliphatic carbocycles. The summed E-state index contributed by atoms with van der Waals surface area (Å²) in [7, 11) is 1.74. The van der Waals surface area contributed by atoms with Gasteiger partial charge < -0.3 is 4.90 Å². The van der Waals surface area contributed by atoms with Crippen LogP contribution in [0.15, 0.2) is 16.7 Å². The number of pyridine rings is 1. The summed E-state index contributed by atoms with van der Waals surface area (Å²) in [6, 6.07) is 1.66. The lowest BCUT2D eigenvalue weighted by molar-refractivity contribution is 0.0650. The predicted octanol–water partition coefficient (Wildman–Crippen LogP) is 3.37. The van der Waals surface area contributed by atoms with Crippen molar-refractivity contribution in [1.82, 2.24) is 9.88 Å². The molecule has 16 heavy (non-hydrogen) atoms. The molecule has 1 amide bonds. The van der Waals surface area contributed by atoms with E-state index in [1.54, 1.807) is 24.2 Å². The third-order valence-electron chi connectivity index (χ3n) is 2.32. The van der Waals surface area contributed by atoms with Crippen molar-refractivity contribution in [3.63, 3.8) is 0 Å². The van der Waals surface area contributed by atoms with Gasteiger partial charge in [0, 0.05) is 23.3 Å². The Kier molecular flexibility index (Phi) is 3.97. The van der Waals surface area contributed by atoms with Gasteiger partial charge >= 0.3 is 0 Å².